The van der Waals surface area contributed by atoms with Gasteiger partial charge in [-0.2, -0.15) is 0 Å². The Labute approximate surface area is 98.0 Å². The van der Waals surface area contributed by atoms with Crippen LogP contribution in [-0.2, 0) is 6.54 Å². The van der Waals surface area contributed by atoms with Crippen LogP contribution in [0.2, 0.25) is 0 Å². The normalized spacial score (nSPS) is 10.0. The van der Waals surface area contributed by atoms with E-state index in [0.29, 0.717) is 5.52 Å². The second-order valence-corrected chi connectivity index (χ2v) is 3.35. The Kier molecular flexibility index (Phi) is 2.77. The summed E-state index contributed by atoms with van der Waals surface area (Å²) in [6.07, 6.45) is 0. The largest absolute Gasteiger partial charge is 0.420 e. The van der Waals surface area contributed by atoms with Crippen LogP contribution in [0, 0.1) is 15.7 Å². The predicted octanol–water partition coefficient (Wildman–Crippen LogP) is 2.13. The average Bonchev–Trinajstić information content (AvgIpc) is 2.54. The number of nitrogens with zero attached hydrogens (tertiary/aromatic N) is 1. The fourth-order valence-corrected chi connectivity index (χ4v) is 1.48. The molecule has 0 unspecified atom stereocenters. The fraction of sp³-hybridized carbons (Fsp3) is 0.100. The molecule has 5 heteroatoms. The first kappa shape index (κ1) is 10.2. The van der Waals surface area contributed by atoms with Crippen molar-refractivity contribution in [3.63, 3.8) is 0 Å². The van der Waals surface area contributed by atoms with E-state index in [0.717, 1.165) is 0 Å². The van der Waals surface area contributed by atoms with Crippen molar-refractivity contribution < 1.29 is 8.81 Å². The molecule has 0 saturated carbocycles. The molecule has 1 aromatic heterocycles. The van der Waals surface area contributed by atoms with Gasteiger partial charge in [0, 0.05) is 22.6 Å². The third-order valence-corrected chi connectivity index (χ3v) is 2.33. The zero-order valence-corrected chi connectivity index (χ0v) is 9.62. The molecule has 0 saturated heterocycles. The van der Waals surface area contributed by atoms with E-state index in [9.17, 15) is 9.18 Å². The summed E-state index contributed by atoms with van der Waals surface area (Å²) in [6.45, 7) is 0.207. The highest BCUT2D eigenvalue weighted by atomic mass is 127. The van der Waals surface area contributed by atoms with Crippen LogP contribution in [0.1, 0.15) is 0 Å². The van der Waals surface area contributed by atoms with Gasteiger partial charge in [-0.3, -0.25) is 4.57 Å². The maximum Gasteiger partial charge on any atom is 0.420 e. The predicted molar refractivity (Wildman–Crippen MR) is 62.2 cm³/mol. The lowest BCUT2D eigenvalue weighted by Gasteiger charge is -1.94. The van der Waals surface area contributed by atoms with E-state index in [-0.39, 0.29) is 12.1 Å². The van der Waals surface area contributed by atoms with Crippen LogP contribution in [0.5, 0.6) is 0 Å². The molecule has 2 rings (SSSR count). The topological polar surface area (TPSA) is 35.1 Å². The smallest absolute Gasteiger partial charge is 0.405 e. The quantitative estimate of drug-likeness (QED) is 0.597. The highest BCUT2D eigenvalue weighted by molar-refractivity contribution is 14.1. The summed E-state index contributed by atoms with van der Waals surface area (Å²) in [5.74, 6) is 1.60. The first-order valence-corrected chi connectivity index (χ1v) is 5.18. The van der Waals surface area contributed by atoms with E-state index < -0.39 is 11.6 Å². The number of para-hydroxylation sites is 1. The van der Waals surface area contributed by atoms with Crippen molar-refractivity contribution in [2.45, 2.75) is 6.54 Å². The molecule has 3 nitrogen and oxygen atoms in total. The van der Waals surface area contributed by atoms with Crippen LogP contribution in [0.25, 0.3) is 11.1 Å². The van der Waals surface area contributed by atoms with Gasteiger partial charge in [-0.1, -0.05) is 12.0 Å². The van der Waals surface area contributed by atoms with Crippen molar-refractivity contribution in [3.05, 3.63) is 34.6 Å². The molecule has 0 atom stereocenters. The van der Waals surface area contributed by atoms with Gasteiger partial charge in [0.1, 0.15) is 0 Å². The van der Waals surface area contributed by atoms with Crippen LogP contribution >= 0.6 is 22.6 Å². The lowest BCUT2D eigenvalue weighted by Crippen LogP contribution is -2.12. The summed E-state index contributed by atoms with van der Waals surface area (Å²) in [5.41, 5.74) is 0.414. The number of hydrogen-bond acceptors (Lipinski definition) is 2. The second-order valence-electron chi connectivity index (χ2n) is 2.81. The van der Waals surface area contributed by atoms with E-state index >= 15 is 0 Å². The van der Waals surface area contributed by atoms with Gasteiger partial charge >= 0.3 is 5.76 Å². The third-order valence-electron chi connectivity index (χ3n) is 1.95. The van der Waals surface area contributed by atoms with E-state index in [1.165, 1.54) is 16.7 Å². The summed E-state index contributed by atoms with van der Waals surface area (Å²) in [6, 6.07) is 4.40. The van der Waals surface area contributed by atoms with Crippen molar-refractivity contribution in [1.29, 1.82) is 0 Å². The number of hydrogen-bond donors (Lipinski definition) is 0. The Balaban J connectivity index is 2.72. The van der Waals surface area contributed by atoms with Gasteiger partial charge < -0.3 is 4.42 Å². The van der Waals surface area contributed by atoms with Crippen molar-refractivity contribution in [2.24, 2.45) is 0 Å². The summed E-state index contributed by atoms with van der Waals surface area (Å²) >= 11 is 1.87. The van der Waals surface area contributed by atoms with E-state index in [4.69, 9.17) is 4.42 Å². The molecule has 15 heavy (non-hydrogen) atoms. The zero-order valence-electron chi connectivity index (χ0n) is 7.46. The highest BCUT2D eigenvalue weighted by Gasteiger charge is 2.11. The Morgan fingerprint density at radius 2 is 2.33 bits per heavy atom. The van der Waals surface area contributed by atoms with Gasteiger partial charge in [0.15, 0.2) is 11.4 Å². The average molecular weight is 317 g/mol. The summed E-state index contributed by atoms with van der Waals surface area (Å²) in [5, 5.41) is 0. The number of benzene rings is 1. The molecule has 2 aromatic rings. The molecule has 0 spiro atoms. The second kappa shape index (κ2) is 4.06. The van der Waals surface area contributed by atoms with Gasteiger partial charge in [-0.25, -0.2) is 9.18 Å². The lowest BCUT2D eigenvalue weighted by molar-refractivity contribution is 0.501. The molecular formula is C10H5FINO2. The zero-order chi connectivity index (χ0) is 10.8. The number of aromatic nitrogens is 1. The number of halogens is 2. The van der Waals surface area contributed by atoms with Gasteiger partial charge in [-0.15, -0.1) is 0 Å². The highest BCUT2D eigenvalue weighted by Crippen LogP contribution is 2.15. The molecule has 0 amide bonds. The standard InChI is InChI=1S/C10H5FINO2/c11-7-3-1-4-8-9(7)15-10(14)13(8)6-2-5-12/h1,3-4H,6H2. The molecule has 0 N–H and O–H groups in total. The SMILES string of the molecule is O=c1oc2c(F)cccc2n1CC#CI. The van der Waals surface area contributed by atoms with Gasteiger partial charge in [-0.05, 0) is 16.1 Å². The molecule has 76 valence electrons. The van der Waals surface area contributed by atoms with Gasteiger partial charge in [0.2, 0.25) is 0 Å². The minimum Gasteiger partial charge on any atom is -0.405 e. The Morgan fingerprint density at radius 3 is 3.07 bits per heavy atom. The maximum absolute atomic E-state index is 13.2. The van der Waals surface area contributed by atoms with Crippen molar-refractivity contribution in [2.75, 3.05) is 0 Å². The summed E-state index contributed by atoms with van der Waals surface area (Å²) < 4.78 is 21.9. The van der Waals surface area contributed by atoms with Crippen LogP contribution < -0.4 is 5.76 Å². The first-order chi connectivity index (χ1) is 7.24. The Bertz CT molecular complexity index is 618. The molecule has 0 bridgehead atoms. The van der Waals surface area contributed by atoms with E-state index in [1.54, 1.807) is 6.07 Å². The van der Waals surface area contributed by atoms with Crippen molar-refractivity contribution >= 4 is 33.7 Å². The molecule has 1 heterocycles. The van der Waals surface area contributed by atoms with Crippen LogP contribution in [0.4, 0.5) is 4.39 Å². The third kappa shape index (κ3) is 1.77. The Morgan fingerprint density at radius 1 is 1.53 bits per heavy atom. The van der Waals surface area contributed by atoms with Gasteiger partial charge in [0.25, 0.3) is 0 Å². The molecule has 1 aromatic carbocycles. The molecule has 0 aliphatic rings. The van der Waals surface area contributed by atoms with Gasteiger partial charge in [0.05, 0.1) is 12.1 Å². The number of rotatable bonds is 1. The first-order valence-electron chi connectivity index (χ1n) is 4.10. The molecule has 0 aliphatic carbocycles. The molecular weight excluding hydrogens is 312 g/mol. The minimum absolute atomic E-state index is 0.0160. The van der Waals surface area contributed by atoms with E-state index in [2.05, 4.69) is 9.85 Å². The monoisotopic (exact) mass is 317 g/mol. The minimum atomic E-state index is -0.589. The molecule has 0 aliphatic heterocycles. The molecule has 0 radical (unpaired) electrons. The van der Waals surface area contributed by atoms with Crippen molar-refractivity contribution in [1.82, 2.24) is 4.57 Å². The van der Waals surface area contributed by atoms with E-state index in [1.807, 2.05) is 22.6 Å². The number of fused-ring (bicyclic) bond motifs is 1. The molecule has 0 fully saturated rings. The van der Waals surface area contributed by atoms with Crippen LogP contribution in [-0.4, -0.2) is 4.57 Å². The summed E-state index contributed by atoms with van der Waals surface area (Å²) in [4.78, 5) is 11.4. The lowest BCUT2D eigenvalue weighted by atomic mass is 10.3. The fourth-order valence-electron chi connectivity index (χ4n) is 1.31. The maximum atomic E-state index is 13.2. The Hall–Kier alpha value is -1.29. The summed E-state index contributed by atoms with van der Waals surface area (Å²) in [7, 11) is 0. The van der Waals surface area contributed by atoms with Crippen LogP contribution in [0.15, 0.2) is 27.4 Å². The van der Waals surface area contributed by atoms with Crippen LogP contribution in [0.3, 0.4) is 0 Å². The number of oxazole rings is 1. The van der Waals surface area contributed by atoms with Crippen molar-refractivity contribution in [3.8, 4) is 9.85 Å².